The number of aromatic hydroxyl groups is 8. The van der Waals surface area contributed by atoms with E-state index in [9.17, 15) is 90.7 Å². The summed E-state index contributed by atoms with van der Waals surface area (Å²) in [5.74, 6) is -14.5. The predicted octanol–water partition coefficient (Wildman–Crippen LogP) is 2.87. The zero-order chi connectivity index (χ0) is 64.3. The largest absolute Gasteiger partial charge is 0.508 e. The van der Waals surface area contributed by atoms with Gasteiger partial charge in [-0.15, -0.1) is 0 Å². The van der Waals surface area contributed by atoms with Gasteiger partial charge < -0.3 is 118 Å². The molecule has 11 rings (SSSR count). The number of hydrogen-bond donors (Lipinski definition) is 14. The molecule has 2 aromatic heterocycles. The highest BCUT2D eigenvalue weighted by atomic mass is 16.7. The Kier molecular flexibility index (Phi) is 16.8. The zero-order valence-corrected chi connectivity index (χ0v) is 46.9. The third-order valence-electron chi connectivity index (χ3n) is 16.0. The number of ether oxygens (including phenoxy) is 8. The Hall–Kier alpha value is -10.0. The van der Waals surface area contributed by atoms with Crippen LogP contribution >= 0.6 is 0 Å². The average Bonchev–Trinajstić information content (AvgIpc) is 0.845. The zero-order valence-electron chi connectivity index (χ0n) is 46.9. The molecule has 28 nitrogen and oxygen atoms in total. The van der Waals surface area contributed by atoms with Gasteiger partial charge in [-0.2, -0.15) is 0 Å². The summed E-state index contributed by atoms with van der Waals surface area (Å²) in [6.45, 7) is -1.84. The molecule has 0 amide bonds. The minimum absolute atomic E-state index is 0.0738. The van der Waals surface area contributed by atoms with Crippen LogP contribution in [0.4, 0.5) is 0 Å². The summed E-state index contributed by atoms with van der Waals surface area (Å²) in [5, 5.41) is 150. The number of phenolic OH excluding ortho intramolecular Hbond substituents is 8. The van der Waals surface area contributed by atoms with Crippen molar-refractivity contribution in [3.8, 4) is 91.6 Å². The number of esters is 2. The van der Waals surface area contributed by atoms with E-state index in [1.165, 1.54) is 97.1 Å². The van der Waals surface area contributed by atoms with Crippen molar-refractivity contribution in [3.63, 3.8) is 0 Å². The summed E-state index contributed by atoms with van der Waals surface area (Å²) >= 11 is 0. The van der Waals surface area contributed by atoms with Crippen LogP contribution in [-0.4, -0.2) is 172 Å². The Balaban J connectivity index is 0.865. The Bertz CT molecular complexity index is 3860. The van der Waals surface area contributed by atoms with Crippen LogP contribution < -0.4 is 29.8 Å². The van der Waals surface area contributed by atoms with Gasteiger partial charge in [-0.25, -0.2) is 0 Å². The van der Waals surface area contributed by atoms with Gasteiger partial charge in [0.25, 0.3) is 0 Å². The fourth-order valence-electron chi connectivity index (χ4n) is 11.4. The van der Waals surface area contributed by atoms with E-state index >= 15 is 0 Å². The van der Waals surface area contributed by atoms with Gasteiger partial charge in [-0.05, 0) is 83.9 Å². The first kappa shape index (κ1) is 61.6. The summed E-state index contributed by atoms with van der Waals surface area (Å²) in [5.41, 5.74) is -2.32. The molecule has 28 heteroatoms. The van der Waals surface area contributed by atoms with E-state index < -0.39 is 189 Å². The van der Waals surface area contributed by atoms with Gasteiger partial charge in [-0.1, -0.05) is 24.3 Å². The molecule has 0 bridgehead atoms. The molecule has 3 fully saturated rings. The van der Waals surface area contributed by atoms with Gasteiger partial charge >= 0.3 is 11.9 Å². The predicted molar refractivity (Wildman–Crippen MR) is 304 cm³/mol. The van der Waals surface area contributed by atoms with Gasteiger partial charge in [-0.3, -0.25) is 19.2 Å². The van der Waals surface area contributed by atoms with Crippen molar-refractivity contribution in [1.29, 1.82) is 0 Å². The SMILES string of the molecule is COc1c(O)cc2oc(-c3ccc(O)cc3)c(O[C@@H]3O[C@H](COC(=O)C4C(c5ccc(O)cc5)C(C(=O)OC[C@H]5O[C@@H](Oc6c(-c7ccc(O)cc7)oc7cc(O)c(OC)c(O)c7c6=O)[C@H](O)[C@@H](O)[C@@H]5O)C4c4ccc(O)cc4)[C@@H](O)[C@H](O)[C@H]3O)c(=O)c2c1O. The number of rotatable bonds is 16. The molecule has 0 radical (unpaired) electrons. The van der Waals surface area contributed by atoms with Gasteiger partial charge in [0.05, 0.1) is 26.1 Å². The summed E-state index contributed by atoms with van der Waals surface area (Å²) in [4.78, 5) is 58.2. The summed E-state index contributed by atoms with van der Waals surface area (Å²) in [7, 11) is 2.20. The Morgan fingerprint density at radius 3 is 1.08 bits per heavy atom. The number of phenols is 8. The van der Waals surface area contributed by atoms with Crippen molar-refractivity contribution in [2.75, 3.05) is 27.4 Å². The molecule has 90 heavy (non-hydrogen) atoms. The number of aliphatic hydroxyl groups excluding tert-OH is 6. The minimum Gasteiger partial charge on any atom is -0.508 e. The second kappa shape index (κ2) is 24.5. The topological polar surface area (TPSA) is 452 Å². The second-order valence-electron chi connectivity index (χ2n) is 21.4. The van der Waals surface area contributed by atoms with Crippen LogP contribution in [0.2, 0.25) is 0 Å². The monoisotopic (exact) mass is 1250 g/mol. The molecule has 1 saturated carbocycles. The highest BCUT2D eigenvalue weighted by Crippen LogP contribution is 2.59. The number of methoxy groups -OCH3 is 2. The number of benzene rings is 6. The Morgan fingerprint density at radius 2 is 0.756 bits per heavy atom. The molecule has 8 aromatic rings. The number of hydrogen-bond acceptors (Lipinski definition) is 28. The van der Waals surface area contributed by atoms with E-state index in [0.717, 1.165) is 26.4 Å². The molecule has 472 valence electrons. The Labute approximate surface area is 505 Å². The molecule has 0 spiro atoms. The van der Waals surface area contributed by atoms with Gasteiger partial charge in [0.15, 0.2) is 34.5 Å². The van der Waals surface area contributed by atoms with Crippen molar-refractivity contribution in [2.24, 2.45) is 11.8 Å². The van der Waals surface area contributed by atoms with Crippen LogP contribution in [0.1, 0.15) is 23.0 Å². The summed E-state index contributed by atoms with van der Waals surface area (Å²) < 4.78 is 57.4. The van der Waals surface area contributed by atoms with Crippen LogP contribution in [0, 0.1) is 11.8 Å². The van der Waals surface area contributed by atoms with Gasteiger partial charge in [0.1, 0.15) is 107 Å². The van der Waals surface area contributed by atoms with E-state index in [-0.39, 0.29) is 56.4 Å². The molecule has 4 heterocycles. The lowest BCUT2D eigenvalue weighted by molar-refractivity contribution is -0.279. The molecule has 6 aromatic carbocycles. The first-order chi connectivity index (χ1) is 43.0. The summed E-state index contributed by atoms with van der Waals surface area (Å²) in [6.07, 6.45) is -20.3. The van der Waals surface area contributed by atoms with E-state index in [1.807, 2.05) is 0 Å². The normalized spacial score (nSPS) is 25.6. The van der Waals surface area contributed by atoms with Crippen LogP contribution in [0.5, 0.6) is 69.0 Å². The molecule has 0 unspecified atom stereocenters. The van der Waals surface area contributed by atoms with Gasteiger partial charge in [0.2, 0.25) is 46.4 Å². The average molecular weight is 1250 g/mol. The van der Waals surface area contributed by atoms with Crippen LogP contribution in [0.3, 0.4) is 0 Å². The highest BCUT2D eigenvalue weighted by molar-refractivity contribution is 5.93. The number of fused-ring (bicyclic) bond motifs is 2. The molecular formula is C62H56O28. The molecule has 2 saturated heterocycles. The van der Waals surface area contributed by atoms with Crippen LogP contribution in [-0.2, 0) is 28.5 Å². The van der Waals surface area contributed by atoms with E-state index in [2.05, 4.69) is 0 Å². The Morgan fingerprint density at radius 1 is 0.433 bits per heavy atom. The van der Waals surface area contributed by atoms with E-state index in [4.69, 9.17) is 46.7 Å². The molecule has 14 N–H and O–H groups in total. The second-order valence-corrected chi connectivity index (χ2v) is 21.4. The maximum absolute atomic E-state index is 14.8. The van der Waals surface area contributed by atoms with Crippen molar-refractivity contribution in [3.05, 3.63) is 141 Å². The third kappa shape index (κ3) is 11.1. The standard InChI is InChI=1S/C62H56O28/c1-81-55-31(67)19-33-39(45(55)71)47(73)57(53(85-33)25-7-15-29(65)16-8-25)89-61-51(77)49(75)43(69)35(87-61)21-83-59(79)41-37(23-3-11-27(63)12-4-23)42(38(41)24-5-13-28(64)14-6-24)60(80)84-22-36-44(70)50(76)52(78)62(88-36)90-58-48(74)40-34(20-32(68)56(82-2)46(40)72)86-54(58)26-9-17-30(66)18-10-26/h3-20,35-38,41-44,49-52,61-72,75-78H,21-22H2,1-2H3/t35-,36-,37?,38?,41?,42?,43-,44-,49+,50+,51-,52-,61+,62+/m1/s1. The minimum atomic E-state index is -2.14. The van der Waals surface area contributed by atoms with Crippen molar-refractivity contribution in [2.45, 2.75) is 73.2 Å². The third-order valence-corrected chi connectivity index (χ3v) is 16.0. The van der Waals surface area contributed by atoms with Crippen LogP contribution in [0.25, 0.3) is 44.6 Å². The molecule has 10 atom stereocenters. The van der Waals surface area contributed by atoms with Crippen LogP contribution in [0.15, 0.2) is 128 Å². The molecule has 3 aliphatic rings. The lowest BCUT2D eigenvalue weighted by Crippen LogP contribution is -2.61. The quantitative estimate of drug-likeness (QED) is 0.0618. The maximum Gasteiger partial charge on any atom is 0.310 e. The molecular weight excluding hydrogens is 1190 g/mol. The smallest absolute Gasteiger partial charge is 0.310 e. The van der Waals surface area contributed by atoms with Gasteiger partial charge in [0, 0.05) is 35.1 Å². The summed E-state index contributed by atoms with van der Waals surface area (Å²) in [6, 6.07) is 22.8. The number of aliphatic hydroxyl groups is 6. The van der Waals surface area contributed by atoms with E-state index in [1.54, 1.807) is 0 Å². The number of carbonyl (C=O) groups excluding carboxylic acids is 2. The lowest BCUT2D eigenvalue weighted by atomic mass is 9.52. The fraction of sp³-hybridized carbons (Fsp3) is 0.290. The van der Waals surface area contributed by atoms with Crippen molar-refractivity contribution >= 4 is 33.9 Å². The van der Waals surface area contributed by atoms with Crippen molar-refractivity contribution < 1.29 is 128 Å². The van der Waals surface area contributed by atoms with E-state index in [0.29, 0.717) is 0 Å². The number of carbonyl (C=O) groups is 2. The maximum atomic E-state index is 14.8. The lowest BCUT2D eigenvalue weighted by Gasteiger charge is -2.50. The highest BCUT2D eigenvalue weighted by Gasteiger charge is 2.60. The first-order valence-corrected chi connectivity index (χ1v) is 27.4. The van der Waals surface area contributed by atoms with Crippen molar-refractivity contribution in [1.82, 2.24) is 0 Å². The first-order valence-electron chi connectivity index (χ1n) is 27.4. The molecule has 1 aliphatic carbocycles. The fourth-order valence-corrected chi connectivity index (χ4v) is 11.4. The molecule has 2 aliphatic heterocycles.